The Kier molecular flexibility index (Phi) is 22.6. The molecule has 0 spiro atoms. The number of nitrogens with two attached hydrogens (primary N) is 1. The molecule has 0 bridgehead atoms. The molecule has 1 heterocycles. The van der Waals surface area contributed by atoms with Crippen molar-refractivity contribution in [2.75, 3.05) is 99.5 Å². The van der Waals surface area contributed by atoms with E-state index in [0.717, 1.165) is 0 Å². The smallest absolute Gasteiger partial charge is 0.242 e. The Morgan fingerprint density at radius 2 is 1.41 bits per heavy atom. The second-order valence-electron chi connectivity index (χ2n) is 20.0. The van der Waals surface area contributed by atoms with Crippen LogP contribution in [0.2, 0.25) is 0 Å². The van der Waals surface area contributed by atoms with E-state index in [-0.39, 0.29) is 116 Å². The predicted molar refractivity (Wildman–Crippen MR) is 303 cm³/mol. The Morgan fingerprint density at radius 1 is 0.776 bits per heavy atom. The van der Waals surface area contributed by atoms with Crippen molar-refractivity contribution in [1.82, 2.24) is 10.1 Å². The summed E-state index contributed by atoms with van der Waals surface area (Å²) in [6.45, 7) is 3.51. The second-order valence-corrected chi connectivity index (χ2v) is 21.8. The fourth-order valence-corrected chi connectivity index (χ4v) is 11.0. The fraction of sp³-hybridized carbons (Fsp3) is 0.448. The molecular weight excluding hydrogens is 1130 g/mol. The molecule has 0 saturated carbocycles. The number of hydrogen-bond donors (Lipinski definition) is 9. The number of hydrogen-bond acceptors (Lipinski definition) is 24. The van der Waals surface area contributed by atoms with Crippen LogP contribution in [-0.2, 0) is 59.1 Å². The maximum Gasteiger partial charge on any atom is 0.242 e. The van der Waals surface area contributed by atoms with E-state index in [4.69, 9.17) is 48.4 Å². The molecule has 6 atom stereocenters. The number of rotatable bonds is 31. The number of nitrogens with zero attached hydrogens (tertiary/aromatic N) is 3. The van der Waals surface area contributed by atoms with E-state index in [1.165, 1.54) is 43.5 Å². The summed E-state index contributed by atoms with van der Waals surface area (Å²) in [6, 6.07) is 20.1. The van der Waals surface area contributed by atoms with Gasteiger partial charge in [-0.25, -0.2) is 18.6 Å². The zero-order valence-corrected chi connectivity index (χ0v) is 47.7. The Hall–Kier alpha value is -6.93. The maximum atomic E-state index is 14.1. The number of phenolic OH excluding ortho intramolecular Hbond substituents is 3. The number of carbonyl (C=O) groups excluding carboxylic acids is 3. The van der Waals surface area contributed by atoms with E-state index in [9.17, 15) is 53.4 Å². The highest BCUT2D eigenvalue weighted by atomic mass is 32.2. The number of benzene rings is 5. The lowest BCUT2D eigenvalue weighted by atomic mass is 9.71. The summed E-state index contributed by atoms with van der Waals surface area (Å²) in [6.07, 6.45) is -5.60. The van der Waals surface area contributed by atoms with Gasteiger partial charge in [0.1, 0.15) is 34.3 Å². The van der Waals surface area contributed by atoms with E-state index < -0.39 is 106 Å². The average Bonchev–Trinajstić information content (AvgIpc) is 0.812. The molecule has 85 heavy (non-hydrogen) atoms. The molecule has 0 radical (unpaired) electrons. The number of methoxy groups -OCH3 is 1. The van der Waals surface area contributed by atoms with Crippen molar-refractivity contribution < 1.29 is 96.1 Å². The second kappa shape index (κ2) is 29.9. The van der Waals surface area contributed by atoms with Crippen LogP contribution < -0.4 is 20.6 Å². The molecule has 26 nitrogen and oxygen atoms in total. The van der Waals surface area contributed by atoms with Crippen LogP contribution in [-0.4, -0.2) is 192 Å². The fourth-order valence-electron chi connectivity index (χ4n) is 9.94. The number of azo groups is 1. The quantitative estimate of drug-likeness (QED) is 0.00986. The number of aromatic hydroxyl groups is 3. The van der Waals surface area contributed by atoms with Crippen molar-refractivity contribution in [3.8, 4) is 23.0 Å². The van der Waals surface area contributed by atoms with Crippen molar-refractivity contribution in [2.24, 2.45) is 21.1 Å². The van der Waals surface area contributed by atoms with E-state index in [1.54, 1.807) is 31.2 Å². The summed E-state index contributed by atoms with van der Waals surface area (Å²) in [5, 5.41) is 80.9. The Labute approximate surface area is 489 Å². The summed E-state index contributed by atoms with van der Waals surface area (Å²) >= 11 is 0. The van der Waals surface area contributed by atoms with Crippen molar-refractivity contribution in [3.05, 3.63) is 112 Å². The van der Waals surface area contributed by atoms with Crippen LogP contribution in [0.15, 0.2) is 99.1 Å². The minimum atomic E-state index is -3.85. The molecule has 1 saturated heterocycles. The van der Waals surface area contributed by atoms with Crippen LogP contribution in [0.3, 0.4) is 0 Å². The Balaban J connectivity index is 0.683. The normalized spacial score (nSPS) is 20.6. The molecule has 2 unspecified atom stereocenters. The number of carbonyl (C=O) groups is 3. The van der Waals surface area contributed by atoms with Gasteiger partial charge in [-0.3, -0.25) is 14.4 Å². The SMILES string of the molecule is COc1cccc2c1C(=O)c1c(O)c3c(c(O)c1C2=O)C[C@](O)(/C(CO)=N/NC(=O)CCOCCOCCOCCOCCOCCOCCNS(=O)(=O)c1ccc2c(/N=N\c4ccccc4)c(O)ccc2c1)C[C@@H]3O[C@H]1CC(N)[C@H](O)C(C)O1. The van der Waals surface area contributed by atoms with E-state index in [1.807, 2.05) is 18.2 Å². The van der Waals surface area contributed by atoms with Gasteiger partial charge in [0.25, 0.3) is 0 Å². The molecule has 1 aliphatic heterocycles. The van der Waals surface area contributed by atoms with Crippen LogP contribution in [0.4, 0.5) is 11.4 Å². The molecule has 27 heteroatoms. The standard InChI is InChI=1S/C58H70N6O20S/c1-34-53(68)41(59)30-47(83-34)84-44-32-58(73,31-40-49(44)57(72)51-50(55(40)70)54(69)39-9-6-10-43(76-2)48(39)56(51)71)45(33-65)62-63-46(67)15-17-77-19-21-79-23-25-81-27-28-82-26-24-80-22-20-78-18-16-60-85(74,75)37-12-13-38-35(29-37)11-14-42(66)52(38)64-61-36-7-4-3-5-8-36/h3-14,29,34,41,44,47,53,60,65-66,68,70,72-73H,15-28,30-33,59H2,1-2H3,(H,63,67)/b62-45+,64-61-/t34?,41?,44-,47-,53+,58+/m0/s1. The first-order chi connectivity index (χ1) is 41.0. The van der Waals surface area contributed by atoms with Crippen molar-refractivity contribution in [1.29, 1.82) is 0 Å². The van der Waals surface area contributed by atoms with E-state index >= 15 is 0 Å². The van der Waals surface area contributed by atoms with Gasteiger partial charge in [0, 0.05) is 53.9 Å². The van der Waals surface area contributed by atoms with Crippen LogP contribution in [0.25, 0.3) is 10.8 Å². The molecule has 5 aromatic rings. The number of aliphatic hydroxyl groups excluding tert-OH is 2. The molecule has 10 N–H and O–H groups in total. The molecule has 8 rings (SSSR count). The number of amides is 1. The Morgan fingerprint density at radius 3 is 2.05 bits per heavy atom. The topological polar surface area (TPSA) is 377 Å². The molecule has 458 valence electrons. The minimum absolute atomic E-state index is 0.0342. The average molecular weight is 1200 g/mol. The minimum Gasteiger partial charge on any atom is -0.507 e. The summed E-state index contributed by atoms with van der Waals surface area (Å²) in [5.74, 6) is -3.68. The first-order valence-electron chi connectivity index (χ1n) is 27.5. The third-order valence-corrected chi connectivity index (χ3v) is 15.7. The number of hydrazone groups is 1. The highest BCUT2D eigenvalue weighted by Crippen LogP contribution is 2.53. The van der Waals surface area contributed by atoms with Gasteiger partial charge in [-0.1, -0.05) is 42.5 Å². The number of sulfonamides is 1. The number of phenols is 3. The van der Waals surface area contributed by atoms with Gasteiger partial charge >= 0.3 is 0 Å². The molecule has 5 aromatic carbocycles. The van der Waals surface area contributed by atoms with Gasteiger partial charge in [0.2, 0.25) is 21.7 Å². The van der Waals surface area contributed by atoms with Gasteiger partial charge in [-0.15, -0.1) is 5.11 Å². The molecule has 2 aliphatic carbocycles. The number of aliphatic hydroxyl groups is 3. The lowest BCUT2D eigenvalue weighted by molar-refractivity contribution is -0.245. The molecule has 0 aromatic heterocycles. The summed E-state index contributed by atoms with van der Waals surface area (Å²) in [4.78, 5) is 41.0. The highest BCUT2D eigenvalue weighted by molar-refractivity contribution is 7.89. The first-order valence-corrected chi connectivity index (χ1v) is 28.9. The molecular formula is C58H70N6O20S. The van der Waals surface area contributed by atoms with Gasteiger partial charge in [-0.2, -0.15) is 10.2 Å². The summed E-state index contributed by atoms with van der Waals surface area (Å²) in [5.41, 5.74) is 5.20. The number of ketones is 2. The number of fused-ring (bicyclic) bond motifs is 4. The van der Waals surface area contributed by atoms with Gasteiger partial charge < -0.3 is 79.0 Å². The first kappa shape index (κ1) is 64.1. The Bertz CT molecular complexity index is 3320. The van der Waals surface area contributed by atoms with E-state index in [0.29, 0.717) is 49.5 Å². The van der Waals surface area contributed by atoms with Crippen molar-refractivity contribution >= 4 is 55.4 Å². The maximum absolute atomic E-state index is 14.1. The van der Waals surface area contributed by atoms with Crippen molar-refractivity contribution in [2.45, 2.75) is 73.7 Å². The monoisotopic (exact) mass is 1200 g/mol. The molecule has 1 fully saturated rings. The molecule has 3 aliphatic rings. The lowest BCUT2D eigenvalue weighted by Gasteiger charge is -2.43. The van der Waals surface area contributed by atoms with Crippen molar-refractivity contribution in [3.63, 3.8) is 0 Å². The number of nitrogens with one attached hydrogen (secondary N) is 2. The van der Waals surface area contributed by atoms with Gasteiger partial charge in [0.05, 0.1) is 151 Å². The third kappa shape index (κ3) is 15.7. The van der Waals surface area contributed by atoms with Crippen LogP contribution in [0.5, 0.6) is 23.0 Å². The predicted octanol–water partition coefficient (Wildman–Crippen LogP) is 3.65. The lowest BCUT2D eigenvalue weighted by Crippen LogP contribution is -2.53. The largest absolute Gasteiger partial charge is 0.507 e. The highest BCUT2D eigenvalue weighted by Gasteiger charge is 2.50. The van der Waals surface area contributed by atoms with Crippen LogP contribution in [0, 0.1) is 0 Å². The number of ether oxygens (including phenoxy) is 9. The van der Waals surface area contributed by atoms with E-state index in [2.05, 4.69) is 25.5 Å². The van der Waals surface area contributed by atoms with Crippen LogP contribution >= 0.6 is 0 Å². The zero-order chi connectivity index (χ0) is 60.7. The summed E-state index contributed by atoms with van der Waals surface area (Å²) < 4.78 is 79.1. The van der Waals surface area contributed by atoms with Crippen LogP contribution in [0.1, 0.15) is 75.3 Å². The zero-order valence-electron chi connectivity index (χ0n) is 46.8. The summed E-state index contributed by atoms with van der Waals surface area (Å²) in [7, 11) is -2.54. The van der Waals surface area contributed by atoms with Gasteiger partial charge in [0.15, 0.2) is 12.1 Å². The third-order valence-electron chi connectivity index (χ3n) is 14.3. The molecule has 1 amide bonds. The van der Waals surface area contributed by atoms with Gasteiger partial charge in [-0.05, 0) is 48.7 Å².